The molecule has 7 heteroatoms. The van der Waals surface area contributed by atoms with Crippen LogP contribution in [0.3, 0.4) is 0 Å². The molecule has 0 unspecified atom stereocenters. The molecule has 0 bridgehead atoms. The topological polar surface area (TPSA) is 87.4 Å². The largest absolute Gasteiger partial charge is 0.338 e. The number of hydrogen-bond donors (Lipinski definition) is 4. The van der Waals surface area contributed by atoms with Crippen LogP contribution in [0.5, 0.6) is 0 Å². The molecule has 0 heterocycles. The standard InChI is InChI=1S/C6H17N2O2P.C3H9N.ClH/c1-3-5-7-11(9,10)8-6-4-2;1-2-3-4;/h3-6H2,1-2H3,(H3,7,8,9,10);2-4H2,1H3;1H. The van der Waals surface area contributed by atoms with Gasteiger partial charge in [-0.2, -0.15) is 0 Å². The summed E-state index contributed by atoms with van der Waals surface area (Å²) in [6.45, 7) is 7.93. The minimum atomic E-state index is -3.23. The molecule has 0 aliphatic rings. The molecule has 5 nitrogen and oxygen atoms in total. The van der Waals surface area contributed by atoms with E-state index in [2.05, 4.69) is 17.1 Å². The maximum atomic E-state index is 11.1. The number of hydrogen-bond acceptors (Lipinski definition) is 2. The third-order valence-corrected chi connectivity index (χ3v) is 2.75. The predicted molar refractivity (Wildman–Crippen MR) is 73.0 cm³/mol. The van der Waals surface area contributed by atoms with Crippen molar-refractivity contribution in [3.05, 3.63) is 0 Å². The third-order valence-electron chi connectivity index (χ3n) is 1.44. The van der Waals surface area contributed by atoms with Crippen molar-refractivity contribution in [2.75, 3.05) is 19.6 Å². The molecule has 0 fully saturated rings. The van der Waals surface area contributed by atoms with Crippen molar-refractivity contribution >= 4 is 20.1 Å². The van der Waals surface area contributed by atoms with Gasteiger partial charge in [-0.25, -0.2) is 10.2 Å². The van der Waals surface area contributed by atoms with Crippen molar-refractivity contribution in [3.63, 3.8) is 0 Å². The van der Waals surface area contributed by atoms with E-state index in [4.69, 9.17) is 10.6 Å². The highest BCUT2D eigenvalue weighted by Crippen LogP contribution is 2.28. The Hall–Kier alpha value is 0.360. The maximum absolute atomic E-state index is 11.1. The van der Waals surface area contributed by atoms with E-state index in [9.17, 15) is 4.57 Å². The Morgan fingerprint density at radius 3 is 1.56 bits per heavy atom. The lowest BCUT2D eigenvalue weighted by atomic mass is 10.5. The lowest BCUT2D eigenvalue weighted by Gasteiger charge is -2.12. The van der Waals surface area contributed by atoms with Crippen LogP contribution >= 0.6 is 20.1 Å². The van der Waals surface area contributed by atoms with Crippen molar-refractivity contribution in [1.82, 2.24) is 10.2 Å². The molecule has 16 heavy (non-hydrogen) atoms. The molecule has 0 aliphatic heterocycles. The number of rotatable bonds is 7. The van der Waals surface area contributed by atoms with Crippen LogP contribution in [0.1, 0.15) is 40.0 Å². The summed E-state index contributed by atoms with van der Waals surface area (Å²) in [7, 11) is -3.23. The minimum Gasteiger partial charge on any atom is -0.330 e. The fraction of sp³-hybridized carbons (Fsp3) is 1.00. The van der Waals surface area contributed by atoms with Crippen LogP contribution in [-0.2, 0) is 4.57 Å². The fourth-order valence-electron chi connectivity index (χ4n) is 0.583. The van der Waals surface area contributed by atoms with Gasteiger partial charge in [-0.1, -0.05) is 20.8 Å². The Kier molecular flexibility index (Phi) is 20.8. The highest BCUT2D eigenvalue weighted by molar-refractivity contribution is 7.53. The quantitative estimate of drug-likeness (QED) is 0.533. The highest BCUT2D eigenvalue weighted by Gasteiger charge is 2.13. The van der Waals surface area contributed by atoms with Gasteiger partial charge in [0.15, 0.2) is 0 Å². The van der Waals surface area contributed by atoms with Gasteiger partial charge in [0.1, 0.15) is 0 Å². The summed E-state index contributed by atoms with van der Waals surface area (Å²) in [6.07, 6.45) is 2.82. The van der Waals surface area contributed by atoms with Gasteiger partial charge in [0.2, 0.25) is 0 Å². The summed E-state index contributed by atoms with van der Waals surface area (Å²) >= 11 is 0. The van der Waals surface area contributed by atoms with Crippen molar-refractivity contribution in [2.24, 2.45) is 5.73 Å². The highest BCUT2D eigenvalue weighted by atomic mass is 35.5. The van der Waals surface area contributed by atoms with Crippen LogP contribution in [0.4, 0.5) is 0 Å². The Morgan fingerprint density at radius 2 is 1.38 bits per heavy atom. The molecule has 0 atom stereocenters. The van der Waals surface area contributed by atoms with E-state index in [0.29, 0.717) is 13.1 Å². The molecule has 0 saturated carbocycles. The second-order valence-corrected chi connectivity index (χ2v) is 4.97. The average Bonchev–Trinajstić information content (AvgIpc) is 2.24. The van der Waals surface area contributed by atoms with E-state index in [1.54, 1.807) is 0 Å². The van der Waals surface area contributed by atoms with E-state index >= 15 is 0 Å². The molecule has 0 amide bonds. The number of nitrogens with one attached hydrogen (secondary N) is 2. The van der Waals surface area contributed by atoms with Gasteiger partial charge in [0, 0.05) is 13.1 Å². The smallest absolute Gasteiger partial charge is 0.330 e. The molecule has 5 N–H and O–H groups in total. The van der Waals surface area contributed by atoms with Crippen LogP contribution in [-0.4, -0.2) is 24.5 Å². The summed E-state index contributed by atoms with van der Waals surface area (Å²) in [5, 5.41) is 5.09. The SMILES string of the molecule is CCCN.CCCNP(=O)(O)NCCC.Cl. The molecule has 0 radical (unpaired) electrons. The van der Waals surface area contributed by atoms with E-state index in [1.165, 1.54) is 0 Å². The zero-order valence-electron chi connectivity index (χ0n) is 10.5. The molecule has 0 aromatic heterocycles. The van der Waals surface area contributed by atoms with Crippen LogP contribution in [0, 0.1) is 0 Å². The first-order chi connectivity index (χ1) is 7.04. The Balaban J connectivity index is -0.000000292. The normalized spacial score (nSPS) is 10.1. The minimum absolute atomic E-state index is 0. The summed E-state index contributed by atoms with van der Waals surface area (Å²) in [5.41, 5.74) is 5.03. The van der Waals surface area contributed by atoms with Crippen LogP contribution < -0.4 is 15.9 Å². The Bertz CT molecular complexity index is 159. The molecule has 0 aromatic rings. The van der Waals surface area contributed by atoms with Crippen molar-refractivity contribution in [1.29, 1.82) is 0 Å². The molecule has 0 aliphatic carbocycles. The molecule has 0 spiro atoms. The summed E-state index contributed by atoms with van der Waals surface area (Å²) in [4.78, 5) is 9.11. The van der Waals surface area contributed by atoms with E-state index in [-0.39, 0.29) is 12.4 Å². The van der Waals surface area contributed by atoms with Gasteiger partial charge in [0.25, 0.3) is 0 Å². The molecule has 102 valence electrons. The lowest BCUT2D eigenvalue weighted by Crippen LogP contribution is -2.23. The first-order valence-corrected chi connectivity index (χ1v) is 7.23. The predicted octanol–water partition coefficient (Wildman–Crippen LogP) is 1.86. The lowest BCUT2D eigenvalue weighted by molar-refractivity contribution is 0.446. The fourth-order valence-corrected chi connectivity index (χ4v) is 1.75. The van der Waals surface area contributed by atoms with Crippen molar-refractivity contribution in [3.8, 4) is 0 Å². The number of halogens is 1. The Morgan fingerprint density at radius 1 is 1.06 bits per heavy atom. The van der Waals surface area contributed by atoms with Gasteiger partial charge in [-0.15, -0.1) is 12.4 Å². The summed E-state index contributed by atoms with van der Waals surface area (Å²) < 4.78 is 11.1. The molecule has 0 saturated heterocycles. The van der Waals surface area contributed by atoms with Gasteiger partial charge in [-0.05, 0) is 25.8 Å². The summed E-state index contributed by atoms with van der Waals surface area (Å²) in [6, 6.07) is 0. The molecular formula is C9H27ClN3O2P. The molecular weight excluding hydrogens is 249 g/mol. The molecule has 0 aromatic carbocycles. The van der Waals surface area contributed by atoms with Crippen molar-refractivity contribution < 1.29 is 9.46 Å². The monoisotopic (exact) mass is 275 g/mol. The second kappa shape index (κ2) is 15.4. The van der Waals surface area contributed by atoms with Crippen LogP contribution in [0.15, 0.2) is 0 Å². The van der Waals surface area contributed by atoms with Gasteiger partial charge in [0.05, 0.1) is 0 Å². The average molecular weight is 276 g/mol. The first-order valence-electron chi connectivity index (χ1n) is 5.57. The zero-order valence-corrected chi connectivity index (χ0v) is 12.2. The van der Waals surface area contributed by atoms with E-state index < -0.39 is 7.67 Å². The summed E-state index contributed by atoms with van der Waals surface area (Å²) in [5.74, 6) is 0. The molecule has 0 rings (SSSR count). The third kappa shape index (κ3) is 19.9. The van der Waals surface area contributed by atoms with E-state index in [0.717, 1.165) is 25.8 Å². The van der Waals surface area contributed by atoms with Crippen LogP contribution in [0.25, 0.3) is 0 Å². The van der Waals surface area contributed by atoms with E-state index in [1.807, 2.05) is 13.8 Å². The first kappa shape index (κ1) is 21.6. The van der Waals surface area contributed by atoms with Gasteiger partial charge < -0.3 is 10.6 Å². The van der Waals surface area contributed by atoms with Gasteiger partial charge >= 0.3 is 7.67 Å². The second-order valence-electron chi connectivity index (χ2n) is 3.18. The van der Waals surface area contributed by atoms with Crippen LogP contribution in [0.2, 0.25) is 0 Å². The van der Waals surface area contributed by atoms with Gasteiger partial charge in [-0.3, -0.25) is 4.57 Å². The zero-order chi connectivity index (χ0) is 12.2. The maximum Gasteiger partial charge on any atom is 0.338 e. The Labute approximate surface area is 106 Å². The number of nitrogens with two attached hydrogens (primary N) is 1. The van der Waals surface area contributed by atoms with Crippen molar-refractivity contribution in [2.45, 2.75) is 40.0 Å².